The Hall–Kier alpha value is -1.95. The molecule has 0 atom stereocenters. The smallest absolute Gasteiger partial charge is 0.202 e. The van der Waals surface area contributed by atoms with E-state index in [0.717, 1.165) is 25.0 Å². The highest BCUT2D eigenvalue weighted by Crippen LogP contribution is 2.11. The highest BCUT2D eigenvalue weighted by molar-refractivity contribution is 5.26. The molecule has 0 fully saturated rings. The van der Waals surface area contributed by atoms with Crippen molar-refractivity contribution in [3.63, 3.8) is 0 Å². The molecule has 1 aromatic carbocycles. The molecule has 2 rings (SSSR count). The molecule has 0 bridgehead atoms. The molecular weight excluding hydrogens is 276 g/mol. The molecule has 0 saturated carbocycles. The Bertz CT molecular complexity index is 552. The first-order chi connectivity index (χ1) is 10.2. The first-order valence-corrected chi connectivity index (χ1v) is 6.88. The molecule has 21 heavy (non-hydrogen) atoms. The first-order valence-electron chi connectivity index (χ1n) is 6.88. The maximum Gasteiger partial charge on any atom is 0.202 e. The second kappa shape index (κ2) is 7.73. The Morgan fingerprint density at radius 3 is 2.71 bits per heavy atom. The van der Waals surface area contributed by atoms with Crippen molar-refractivity contribution >= 4 is 5.95 Å². The van der Waals surface area contributed by atoms with Crippen LogP contribution in [0, 0.1) is 11.6 Å². The fourth-order valence-corrected chi connectivity index (χ4v) is 2.08. The van der Waals surface area contributed by atoms with Gasteiger partial charge in [-0.15, -0.1) is 0 Å². The average Bonchev–Trinajstić information content (AvgIpc) is 2.88. The zero-order valence-electron chi connectivity index (χ0n) is 12.0. The number of ether oxygens (including phenoxy) is 1. The number of hydrogen-bond acceptors (Lipinski definition) is 3. The van der Waals surface area contributed by atoms with Crippen LogP contribution < -0.4 is 5.32 Å². The zero-order chi connectivity index (χ0) is 15.1. The summed E-state index contributed by atoms with van der Waals surface area (Å²) < 4.78 is 33.2. The van der Waals surface area contributed by atoms with Gasteiger partial charge in [-0.25, -0.2) is 13.8 Å². The number of halogens is 2. The second-order valence-corrected chi connectivity index (χ2v) is 4.75. The molecule has 4 nitrogen and oxygen atoms in total. The predicted octanol–water partition coefficient (Wildman–Crippen LogP) is 2.85. The molecule has 0 radical (unpaired) electrons. The van der Waals surface area contributed by atoms with Crippen molar-refractivity contribution in [3.05, 3.63) is 47.8 Å². The van der Waals surface area contributed by atoms with Crippen LogP contribution in [-0.4, -0.2) is 29.8 Å². The summed E-state index contributed by atoms with van der Waals surface area (Å²) in [4.78, 5) is 4.22. The number of anilines is 1. The largest absolute Gasteiger partial charge is 0.385 e. The molecule has 0 saturated heterocycles. The molecular formula is C15H19F2N3O. The summed E-state index contributed by atoms with van der Waals surface area (Å²) in [6.07, 6.45) is 4.97. The summed E-state index contributed by atoms with van der Waals surface area (Å²) in [5, 5.41) is 3.21. The zero-order valence-corrected chi connectivity index (χ0v) is 12.0. The molecule has 0 aliphatic carbocycles. The predicted molar refractivity (Wildman–Crippen MR) is 77.3 cm³/mol. The quantitative estimate of drug-likeness (QED) is 0.761. The van der Waals surface area contributed by atoms with E-state index < -0.39 is 11.6 Å². The van der Waals surface area contributed by atoms with Crippen molar-refractivity contribution in [2.45, 2.75) is 19.4 Å². The molecule has 0 spiro atoms. The topological polar surface area (TPSA) is 39.1 Å². The van der Waals surface area contributed by atoms with E-state index in [4.69, 9.17) is 4.74 Å². The fourth-order valence-electron chi connectivity index (χ4n) is 2.08. The summed E-state index contributed by atoms with van der Waals surface area (Å²) in [5.74, 6) is -0.343. The van der Waals surface area contributed by atoms with Crippen molar-refractivity contribution in [1.29, 1.82) is 0 Å². The Kier molecular flexibility index (Phi) is 5.68. The summed E-state index contributed by atoms with van der Waals surface area (Å²) in [5.41, 5.74) is 0.631. The van der Waals surface area contributed by atoms with E-state index in [1.807, 2.05) is 10.8 Å². The molecule has 0 amide bonds. The van der Waals surface area contributed by atoms with Gasteiger partial charge in [-0.05, 0) is 30.5 Å². The third kappa shape index (κ3) is 4.82. The van der Waals surface area contributed by atoms with Gasteiger partial charge in [0.05, 0.1) is 0 Å². The van der Waals surface area contributed by atoms with Gasteiger partial charge in [-0.3, -0.25) is 0 Å². The Balaban J connectivity index is 1.89. The lowest BCUT2D eigenvalue weighted by molar-refractivity contribution is 0.197. The number of aryl methyl sites for hydroxylation is 2. The third-order valence-corrected chi connectivity index (χ3v) is 3.09. The van der Waals surface area contributed by atoms with E-state index in [1.54, 1.807) is 13.3 Å². The molecule has 1 N–H and O–H groups in total. The molecule has 1 heterocycles. The maximum absolute atomic E-state index is 13.1. The van der Waals surface area contributed by atoms with E-state index in [2.05, 4.69) is 10.3 Å². The number of nitrogens with one attached hydrogen (secondary N) is 1. The minimum atomic E-state index is -0.548. The molecule has 1 aromatic heterocycles. The number of methoxy groups -OCH3 is 1. The first kappa shape index (κ1) is 15.4. The van der Waals surface area contributed by atoms with Crippen molar-refractivity contribution < 1.29 is 13.5 Å². The van der Waals surface area contributed by atoms with Gasteiger partial charge in [0, 0.05) is 45.3 Å². The maximum atomic E-state index is 13.1. The minimum Gasteiger partial charge on any atom is -0.385 e. The fraction of sp³-hybridized carbons (Fsp3) is 0.400. The number of hydrogen-bond donors (Lipinski definition) is 1. The van der Waals surface area contributed by atoms with Crippen LogP contribution in [0.2, 0.25) is 0 Å². The number of aromatic nitrogens is 2. The Morgan fingerprint density at radius 1 is 1.24 bits per heavy atom. The lowest BCUT2D eigenvalue weighted by Gasteiger charge is -2.10. The van der Waals surface area contributed by atoms with Gasteiger partial charge in [0.2, 0.25) is 5.95 Å². The SMILES string of the molecule is COCCCNc1nccn1CCc1cc(F)cc(F)c1. The average molecular weight is 295 g/mol. The van der Waals surface area contributed by atoms with Gasteiger partial charge in [0.25, 0.3) is 0 Å². The number of nitrogens with zero attached hydrogens (tertiary/aromatic N) is 2. The van der Waals surface area contributed by atoms with E-state index in [0.29, 0.717) is 25.1 Å². The van der Waals surface area contributed by atoms with Crippen LogP contribution in [0.5, 0.6) is 0 Å². The Labute approximate surface area is 122 Å². The number of imidazole rings is 1. The normalized spacial score (nSPS) is 10.8. The van der Waals surface area contributed by atoms with E-state index >= 15 is 0 Å². The van der Waals surface area contributed by atoms with Crippen LogP contribution in [0.15, 0.2) is 30.6 Å². The van der Waals surface area contributed by atoms with Crippen molar-refractivity contribution in [3.8, 4) is 0 Å². The Morgan fingerprint density at radius 2 is 2.00 bits per heavy atom. The number of benzene rings is 1. The van der Waals surface area contributed by atoms with Gasteiger partial charge < -0.3 is 14.6 Å². The van der Waals surface area contributed by atoms with Crippen molar-refractivity contribution in [2.75, 3.05) is 25.6 Å². The monoisotopic (exact) mass is 295 g/mol. The van der Waals surface area contributed by atoms with Crippen LogP contribution in [0.3, 0.4) is 0 Å². The van der Waals surface area contributed by atoms with Gasteiger partial charge in [-0.1, -0.05) is 0 Å². The second-order valence-electron chi connectivity index (χ2n) is 4.75. The van der Waals surface area contributed by atoms with Gasteiger partial charge in [0.1, 0.15) is 11.6 Å². The molecule has 114 valence electrons. The van der Waals surface area contributed by atoms with Gasteiger partial charge >= 0.3 is 0 Å². The van der Waals surface area contributed by atoms with Crippen molar-refractivity contribution in [1.82, 2.24) is 9.55 Å². The highest BCUT2D eigenvalue weighted by Gasteiger charge is 2.04. The van der Waals surface area contributed by atoms with Crippen LogP contribution in [0.4, 0.5) is 14.7 Å². The van der Waals surface area contributed by atoms with Crippen LogP contribution in [-0.2, 0) is 17.7 Å². The van der Waals surface area contributed by atoms with E-state index in [-0.39, 0.29) is 0 Å². The van der Waals surface area contributed by atoms with Crippen LogP contribution >= 0.6 is 0 Å². The minimum absolute atomic E-state index is 0.539. The summed E-state index contributed by atoms with van der Waals surface area (Å²) in [6, 6.07) is 3.58. The van der Waals surface area contributed by atoms with Crippen LogP contribution in [0.1, 0.15) is 12.0 Å². The number of rotatable bonds is 8. The van der Waals surface area contributed by atoms with Crippen molar-refractivity contribution in [2.24, 2.45) is 0 Å². The van der Waals surface area contributed by atoms with Gasteiger partial charge in [0.15, 0.2) is 0 Å². The third-order valence-electron chi connectivity index (χ3n) is 3.09. The highest BCUT2D eigenvalue weighted by atomic mass is 19.1. The molecule has 0 unspecified atom stereocenters. The summed E-state index contributed by atoms with van der Waals surface area (Å²) in [6.45, 7) is 2.06. The molecule has 0 aliphatic rings. The van der Waals surface area contributed by atoms with E-state index in [1.165, 1.54) is 12.1 Å². The lowest BCUT2D eigenvalue weighted by atomic mass is 10.1. The van der Waals surface area contributed by atoms with Crippen LogP contribution in [0.25, 0.3) is 0 Å². The standard InChI is InChI=1S/C15H19F2N3O/c1-21-8-2-4-18-15-19-5-7-20(15)6-3-12-9-13(16)11-14(17)10-12/h5,7,9-11H,2-4,6,8H2,1H3,(H,18,19). The molecule has 6 heteroatoms. The summed E-state index contributed by atoms with van der Waals surface area (Å²) in [7, 11) is 1.67. The molecule has 0 aliphatic heterocycles. The van der Waals surface area contributed by atoms with E-state index in [9.17, 15) is 8.78 Å². The summed E-state index contributed by atoms with van der Waals surface area (Å²) >= 11 is 0. The molecule has 2 aromatic rings. The lowest BCUT2D eigenvalue weighted by Crippen LogP contribution is -2.11. The van der Waals surface area contributed by atoms with Gasteiger partial charge in [-0.2, -0.15) is 0 Å².